The Labute approximate surface area is 92.8 Å². The Morgan fingerprint density at radius 1 is 1.38 bits per heavy atom. The van der Waals surface area contributed by atoms with Gasteiger partial charge in [-0.25, -0.2) is 4.79 Å². The summed E-state index contributed by atoms with van der Waals surface area (Å²) >= 11 is 0. The highest BCUT2D eigenvalue weighted by Crippen LogP contribution is 2.22. The Morgan fingerprint density at radius 3 is 2.81 bits per heavy atom. The van der Waals surface area contributed by atoms with Crippen molar-refractivity contribution in [2.75, 3.05) is 6.61 Å². The molecule has 1 aromatic heterocycles. The molecule has 0 atom stereocenters. The van der Waals surface area contributed by atoms with Gasteiger partial charge in [0.2, 0.25) is 0 Å². The fraction of sp³-hybridized carbons (Fsp3) is 0.167. The lowest BCUT2D eigenvalue weighted by Gasteiger charge is -2.00. The average Bonchev–Trinajstić information content (AvgIpc) is 2.79. The van der Waals surface area contributed by atoms with E-state index in [4.69, 9.17) is 9.26 Å². The molecule has 0 unspecified atom stereocenters. The Hall–Kier alpha value is -2.10. The van der Waals surface area contributed by atoms with E-state index >= 15 is 0 Å². The minimum Gasteiger partial charge on any atom is -0.462 e. The van der Waals surface area contributed by atoms with Crippen LogP contribution in [0.1, 0.15) is 17.3 Å². The van der Waals surface area contributed by atoms with Gasteiger partial charge in [0, 0.05) is 5.56 Å². The maximum absolute atomic E-state index is 11.6. The van der Waals surface area contributed by atoms with Crippen molar-refractivity contribution in [3.8, 4) is 11.3 Å². The van der Waals surface area contributed by atoms with Gasteiger partial charge in [-0.2, -0.15) is 0 Å². The molecule has 2 rings (SSSR count). The number of benzene rings is 1. The summed E-state index contributed by atoms with van der Waals surface area (Å²) in [4.78, 5) is 11.6. The molecule has 0 spiro atoms. The van der Waals surface area contributed by atoms with Crippen LogP contribution in [0.5, 0.6) is 0 Å². The molecule has 0 bridgehead atoms. The highest BCUT2D eigenvalue weighted by atomic mass is 16.5. The molecule has 0 aliphatic rings. The van der Waals surface area contributed by atoms with Gasteiger partial charge >= 0.3 is 5.97 Å². The lowest BCUT2D eigenvalue weighted by Crippen LogP contribution is -2.04. The smallest absolute Gasteiger partial charge is 0.343 e. The van der Waals surface area contributed by atoms with Crippen LogP contribution < -0.4 is 0 Å². The number of esters is 1. The van der Waals surface area contributed by atoms with E-state index in [1.165, 1.54) is 6.26 Å². The number of nitrogens with zero attached hydrogens (tertiary/aromatic N) is 1. The largest absolute Gasteiger partial charge is 0.462 e. The van der Waals surface area contributed by atoms with Gasteiger partial charge in [-0.15, -0.1) is 0 Å². The predicted octanol–water partition coefficient (Wildman–Crippen LogP) is 2.52. The predicted molar refractivity (Wildman–Crippen MR) is 57.9 cm³/mol. The molecule has 2 aromatic rings. The van der Waals surface area contributed by atoms with Gasteiger partial charge in [0.25, 0.3) is 0 Å². The first-order valence-corrected chi connectivity index (χ1v) is 5.00. The summed E-state index contributed by atoms with van der Waals surface area (Å²) < 4.78 is 9.73. The molecule has 4 nitrogen and oxygen atoms in total. The molecule has 0 fully saturated rings. The van der Waals surface area contributed by atoms with Crippen LogP contribution in [0, 0.1) is 0 Å². The maximum Gasteiger partial charge on any atom is 0.343 e. The van der Waals surface area contributed by atoms with E-state index in [9.17, 15) is 4.79 Å². The zero-order valence-corrected chi connectivity index (χ0v) is 8.84. The number of ether oxygens (including phenoxy) is 1. The monoisotopic (exact) mass is 217 g/mol. The summed E-state index contributed by atoms with van der Waals surface area (Å²) in [6.45, 7) is 2.09. The number of rotatable bonds is 3. The second-order valence-corrected chi connectivity index (χ2v) is 3.16. The summed E-state index contributed by atoms with van der Waals surface area (Å²) in [5, 5.41) is 3.81. The van der Waals surface area contributed by atoms with Crippen molar-refractivity contribution < 1.29 is 14.1 Å². The van der Waals surface area contributed by atoms with Crippen LogP contribution in [-0.4, -0.2) is 17.7 Å². The minimum atomic E-state index is -0.414. The molecule has 4 heteroatoms. The summed E-state index contributed by atoms with van der Waals surface area (Å²) in [6, 6.07) is 9.37. The van der Waals surface area contributed by atoms with E-state index in [0.29, 0.717) is 17.9 Å². The van der Waals surface area contributed by atoms with Gasteiger partial charge in [-0.05, 0) is 6.92 Å². The topological polar surface area (TPSA) is 52.3 Å². The van der Waals surface area contributed by atoms with E-state index in [0.717, 1.165) is 5.56 Å². The summed E-state index contributed by atoms with van der Waals surface area (Å²) in [5.41, 5.74) is 1.70. The number of hydrogen-bond donors (Lipinski definition) is 0. The number of aromatic nitrogens is 1. The van der Waals surface area contributed by atoms with Crippen LogP contribution in [0.25, 0.3) is 11.3 Å². The SMILES string of the molecule is CCOC(=O)c1conc1-c1ccccc1. The van der Waals surface area contributed by atoms with Gasteiger partial charge < -0.3 is 9.26 Å². The lowest BCUT2D eigenvalue weighted by atomic mass is 10.1. The van der Waals surface area contributed by atoms with E-state index in [-0.39, 0.29) is 0 Å². The normalized spacial score (nSPS) is 10.1. The second kappa shape index (κ2) is 4.61. The first-order chi connectivity index (χ1) is 7.83. The Balaban J connectivity index is 2.37. The van der Waals surface area contributed by atoms with Crippen LogP contribution in [0.3, 0.4) is 0 Å². The molecule has 82 valence electrons. The Kier molecular flexibility index (Phi) is 3.00. The van der Waals surface area contributed by atoms with Crippen molar-refractivity contribution in [3.05, 3.63) is 42.2 Å². The highest BCUT2D eigenvalue weighted by Gasteiger charge is 2.17. The zero-order valence-electron chi connectivity index (χ0n) is 8.84. The van der Waals surface area contributed by atoms with Crippen molar-refractivity contribution >= 4 is 5.97 Å². The standard InChI is InChI=1S/C12H11NO3/c1-2-15-12(14)10-8-16-13-11(10)9-6-4-3-5-7-9/h3-8H,2H2,1H3. The molecule has 0 amide bonds. The molecular formula is C12H11NO3. The molecule has 0 saturated heterocycles. The number of hydrogen-bond acceptors (Lipinski definition) is 4. The van der Waals surface area contributed by atoms with Crippen LogP contribution in [0.4, 0.5) is 0 Å². The van der Waals surface area contributed by atoms with Crippen LogP contribution in [-0.2, 0) is 4.74 Å². The van der Waals surface area contributed by atoms with Crippen LogP contribution in [0.2, 0.25) is 0 Å². The Morgan fingerprint density at radius 2 is 2.12 bits per heavy atom. The third kappa shape index (κ3) is 1.95. The molecule has 0 aliphatic heterocycles. The van der Waals surface area contributed by atoms with Crippen LogP contribution >= 0.6 is 0 Å². The molecule has 0 saturated carbocycles. The first kappa shape index (κ1) is 10.4. The van der Waals surface area contributed by atoms with Crippen molar-refractivity contribution in [1.82, 2.24) is 5.16 Å². The summed E-state index contributed by atoms with van der Waals surface area (Å²) in [6.07, 6.45) is 1.31. The molecule has 0 radical (unpaired) electrons. The molecule has 1 aromatic carbocycles. The lowest BCUT2D eigenvalue weighted by molar-refractivity contribution is 0.0526. The molecule has 1 heterocycles. The van der Waals surface area contributed by atoms with Crippen molar-refractivity contribution in [1.29, 1.82) is 0 Å². The van der Waals surface area contributed by atoms with Gasteiger partial charge in [0.15, 0.2) is 0 Å². The molecule has 16 heavy (non-hydrogen) atoms. The number of carbonyl (C=O) groups is 1. The van der Waals surface area contributed by atoms with E-state index < -0.39 is 5.97 Å². The third-order valence-corrected chi connectivity index (χ3v) is 2.11. The van der Waals surface area contributed by atoms with Gasteiger partial charge in [-0.1, -0.05) is 35.5 Å². The van der Waals surface area contributed by atoms with Crippen molar-refractivity contribution in [2.24, 2.45) is 0 Å². The van der Waals surface area contributed by atoms with Crippen molar-refractivity contribution in [2.45, 2.75) is 6.92 Å². The fourth-order valence-electron chi connectivity index (χ4n) is 1.39. The van der Waals surface area contributed by atoms with E-state index in [1.54, 1.807) is 6.92 Å². The Bertz CT molecular complexity index is 476. The van der Waals surface area contributed by atoms with Crippen molar-refractivity contribution in [3.63, 3.8) is 0 Å². The summed E-state index contributed by atoms with van der Waals surface area (Å²) in [7, 11) is 0. The van der Waals surface area contributed by atoms with Gasteiger partial charge in [-0.3, -0.25) is 0 Å². The van der Waals surface area contributed by atoms with Gasteiger partial charge in [0.1, 0.15) is 17.5 Å². The molecular weight excluding hydrogens is 206 g/mol. The maximum atomic E-state index is 11.6. The third-order valence-electron chi connectivity index (χ3n) is 2.11. The van der Waals surface area contributed by atoms with Gasteiger partial charge in [0.05, 0.1) is 6.61 Å². The quantitative estimate of drug-likeness (QED) is 0.741. The second-order valence-electron chi connectivity index (χ2n) is 3.16. The first-order valence-electron chi connectivity index (χ1n) is 5.00. The minimum absolute atomic E-state index is 0.332. The number of carbonyl (C=O) groups excluding carboxylic acids is 1. The van der Waals surface area contributed by atoms with E-state index in [2.05, 4.69) is 5.16 Å². The van der Waals surface area contributed by atoms with Crippen LogP contribution in [0.15, 0.2) is 41.1 Å². The van der Waals surface area contributed by atoms with E-state index in [1.807, 2.05) is 30.3 Å². The molecule has 0 aliphatic carbocycles. The molecule has 0 N–H and O–H groups in total. The zero-order chi connectivity index (χ0) is 11.4. The summed E-state index contributed by atoms with van der Waals surface area (Å²) in [5.74, 6) is -0.414. The average molecular weight is 217 g/mol. The fourth-order valence-corrected chi connectivity index (χ4v) is 1.39. The highest BCUT2D eigenvalue weighted by molar-refractivity contribution is 5.95.